The fourth-order valence-electron chi connectivity index (χ4n) is 7.34. The van der Waals surface area contributed by atoms with E-state index in [4.69, 9.17) is 13.9 Å². The molecular formula is C30H54O3Si. The van der Waals surface area contributed by atoms with E-state index >= 15 is 0 Å². The Morgan fingerprint density at radius 1 is 1.06 bits per heavy atom. The summed E-state index contributed by atoms with van der Waals surface area (Å²) >= 11 is 0. The quantitative estimate of drug-likeness (QED) is 0.264. The van der Waals surface area contributed by atoms with Gasteiger partial charge in [0.15, 0.2) is 14.6 Å². The van der Waals surface area contributed by atoms with Gasteiger partial charge < -0.3 is 13.9 Å². The molecule has 0 spiro atoms. The summed E-state index contributed by atoms with van der Waals surface area (Å²) in [5, 5.41) is 0.271. The molecule has 0 aromatic rings. The molecule has 3 aliphatic rings. The highest BCUT2D eigenvalue weighted by Crippen LogP contribution is 2.60. The third kappa shape index (κ3) is 5.93. The maximum Gasteiger partial charge on any atom is 0.192 e. The average Bonchev–Trinajstić information content (AvgIpc) is 3.09. The van der Waals surface area contributed by atoms with Crippen LogP contribution < -0.4 is 0 Å². The van der Waals surface area contributed by atoms with Crippen LogP contribution in [0.1, 0.15) is 92.9 Å². The van der Waals surface area contributed by atoms with Crippen LogP contribution in [0.15, 0.2) is 23.3 Å². The topological polar surface area (TPSA) is 27.7 Å². The van der Waals surface area contributed by atoms with Gasteiger partial charge in [0.05, 0.1) is 0 Å². The Balaban J connectivity index is 1.75. The van der Waals surface area contributed by atoms with Crippen LogP contribution in [-0.4, -0.2) is 34.9 Å². The number of methoxy groups -OCH3 is 2. The van der Waals surface area contributed by atoms with E-state index in [0.717, 1.165) is 6.42 Å². The molecule has 3 saturated carbocycles. The maximum atomic E-state index is 6.86. The largest absolute Gasteiger partial charge is 0.414 e. The molecule has 0 radical (unpaired) electrons. The Morgan fingerprint density at radius 2 is 1.74 bits per heavy atom. The van der Waals surface area contributed by atoms with Crippen LogP contribution in [0.4, 0.5) is 0 Å². The summed E-state index contributed by atoms with van der Waals surface area (Å²) in [6.07, 6.45) is 15.4. The van der Waals surface area contributed by atoms with Gasteiger partial charge in [-0.25, -0.2) is 0 Å². The monoisotopic (exact) mass is 490 g/mol. The number of rotatable bonds is 7. The Hall–Kier alpha value is -0.423. The predicted octanol–water partition coefficient (Wildman–Crippen LogP) is 8.52. The van der Waals surface area contributed by atoms with Crippen LogP contribution in [0.3, 0.4) is 0 Å². The van der Waals surface area contributed by atoms with Crippen LogP contribution in [0.2, 0.25) is 18.1 Å². The summed E-state index contributed by atoms with van der Waals surface area (Å²) in [5.41, 5.74) is 3.66. The highest BCUT2D eigenvalue weighted by Gasteiger charge is 2.52. The van der Waals surface area contributed by atoms with Crippen LogP contribution >= 0.6 is 0 Å². The average molecular weight is 491 g/mol. The standard InChI is InChI=1S/C30H54O3Si/c1-21-18-23(20-25(19-21)33-34(9,10)29(3,4)5)13-14-24-12-11-17-30(6)26(15-16-27(24)30)22(2)28(31-7)32-8/h13-14,21-22,25-28H,11-12,15-20H2,1-10H3/b23-13-,24-14+/t21-,22+,25+,26-,27+,30-/m1/s1. The Bertz CT molecular complexity index is 745. The lowest BCUT2D eigenvalue weighted by Crippen LogP contribution is -2.45. The van der Waals surface area contributed by atoms with Crippen molar-refractivity contribution in [2.45, 2.75) is 123 Å². The number of allylic oxidation sites excluding steroid dienone is 3. The van der Waals surface area contributed by atoms with Gasteiger partial charge in [-0.05, 0) is 92.7 Å². The number of hydrogen-bond acceptors (Lipinski definition) is 3. The minimum absolute atomic E-state index is 0.0985. The first-order valence-corrected chi connectivity index (χ1v) is 16.8. The second kappa shape index (κ2) is 10.9. The highest BCUT2D eigenvalue weighted by molar-refractivity contribution is 6.74. The lowest BCUT2D eigenvalue weighted by Gasteiger charge is -2.45. The number of ether oxygens (including phenoxy) is 2. The minimum Gasteiger partial charge on any atom is -0.414 e. The number of fused-ring (bicyclic) bond motifs is 1. The molecule has 0 aliphatic heterocycles. The first-order chi connectivity index (χ1) is 15.8. The summed E-state index contributed by atoms with van der Waals surface area (Å²) in [6.45, 7) is 19.1. The summed E-state index contributed by atoms with van der Waals surface area (Å²) in [4.78, 5) is 0. The van der Waals surface area contributed by atoms with Crippen molar-refractivity contribution < 1.29 is 13.9 Å². The first-order valence-electron chi connectivity index (χ1n) is 13.9. The second-order valence-corrected chi connectivity index (χ2v) is 18.4. The molecule has 3 fully saturated rings. The third-order valence-electron chi connectivity index (χ3n) is 10.1. The fourth-order valence-corrected chi connectivity index (χ4v) is 8.71. The lowest BCUT2D eigenvalue weighted by molar-refractivity contribution is -0.155. The molecule has 3 aliphatic carbocycles. The SMILES string of the molecule is COC(OC)[C@@H](C)[C@H]1CC[C@H]2/C(=C/C=C3/C[C@@H](C)C[C@H](O[Si](C)(C)C(C)(C)C)C3)CCC[C@]12C. The molecule has 0 aromatic carbocycles. The summed E-state index contributed by atoms with van der Waals surface area (Å²) in [5.74, 6) is 2.51. The molecular weight excluding hydrogens is 436 g/mol. The number of hydrogen-bond donors (Lipinski definition) is 0. The van der Waals surface area contributed by atoms with Crippen LogP contribution in [0, 0.1) is 29.1 Å². The van der Waals surface area contributed by atoms with Crippen molar-refractivity contribution in [1.82, 2.24) is 0 Å². The first kappa shape index (κ1) is 28.2. The van der Waals surface area contributed by atoms with Gasteiger partial charge in [-0.3, -0.25) is 0 Å². The molecule has 0 unspecified atom stereocenters. The van der Waals surface area contributed by atoms with Gasteiger partial charge in [0.25, 0.3) is 0 Å². The van der Waals surface area contributed by atoms with Crippen molar-refractivity contribution in [3.8, 4) is 0 Å². The predicted molar refractivity (Wildman–Crippen MR) is 146 cm³/mol. The van der Waals surface area contributed by atoms with E-state index in [-0.39, 0.29) is 11.3 Å². The normalized spacial score (nSPS) is 36.3. The van der Waals surface area contributed by atoms with Crippen molar-refractivity contribution >= 4 is 8.32 Å². The van der Waals surface area contributed by atoms with Crippen molar-refractivity contribution in [2.24, 2.45) is 29.1 Å². The molecule has 34 heavy (non-hydrogen) atoms. The molecule has 4 heteroatoms. The van der Waals surface area contributed by atoms with E-state index in [1.807, 2.05) is 0 Å². The van der Waals surface area contributed by atoms with E-state index in [0.29, 0.717) is 35.2 Å². The lowest BCUT2D eigenvalue weighted by atomic mass is 9.61. The van der Waals surface area contributed by atoms with E-state index in [9.17, 15) is 0 Å². The summed E-state index contributed by atoms with van der Waals surface area (Å²) < 4.78 is 18.2. The van der Waals surface area contributed by atoms with E-state index < -0.39 is 8.32 Å². The smallest absolute Gasteiger partial charge is 0.192 e. The van der Waals surface area contributed by atoms with Gasteiger partial charge in [0.1, 0.15) is 0 Å². The molecule has 0 heterocycles. The molecule has 0 aromatic heterocycles. The maximum absolute atomic E-state index is 6.86. The zero-order valence-electron chi connectivity index (χ0n) is 24.0. The third-order valence-corrected chi connectivity index (χ3v) is 14.7. The van der Waals surface area contributed by atoms with Gasteiger partial charge in [-0.2, -0.15) is 0 Å². The molecule has 0 amide bonds. The molecule has 0 bridgehead atoms. The Labute approximate surface area is 212 Å². The van der Waals surface area contributed by atoms with Gasteiger partial charge >= 0.3 is 0 Å². The zero-order chi connectivity index (χ0) is 25.3. The second-order valence-electron chi connectivity index (χ2n) is 13.6. The highest BCUT2D eigenvalue weighted by atomic mass is 28.4. The zero-order valence-corrected chi connectivity index (χ0v) is 25.0. The molecule has 6 atom stereocenters. The van der Waals surface area contributed by atoms with E-state index in [1.165, 1.54) is 44.9 Å². The van der Waals surface area contributed by atoms with Crippen LogP contribution in [0.25, 0.3) is 0 Å². The molecule has 3 rings (SSSR count). The van der Waals surface area contributed by atoms with Crippen LogP contribution in [-0.2, 0) is 13.9 Å². The van der Waals surface area contributed by atoms with Crippen molar-refractivity contribution in [2.75, 3.05) is 14.2 Å². The van der Waals surface area contributed by atoms with E-state index in [1.54, 1.807) is 25.4 Å². The van der Waals surface area contributed by atoms with E-state index in [2.05, 4.69) is 66.8 Å². The van der Waals surface area contributed by atoms with Crippen molar-refractivity contribution in [3.05, 3.63) is 23.3 Å². The molecule has 0 saturated heterocycles. The fraction of sp³-hybridized carbons (Fsp3) is 0.867. The van der Waals surface area contributed by atoms with Gasteiger partial charge in [-0.15, -0.1) is 0 Å². The van der Waals surface area contributed by atoms with Crippen LogP contribution in [0.5, 0.6) is 0 Å². The molecule has 3 nitrogen and oxygen atoms in total. The Kier molecular flexibility index (Phi) is 9.03. The minimum atomic E-state index is -1.73. The molecule has 0 N–H and O–H groups in total. The van der Waals surface area contributed by atoms with Gasteiger partial charge in [-0.1, -0.05) is 64.8 Å². The Morgan fingerprint density at radius 3 is 2.35 bits per heavy atom. The van der Waals surface area contributed by atoms with Gasteiger partial charge in [0.2, 0.25) is 0 Å². The van der Waals surface area contributed by atoms with Crippen molar-refractivity contribution in [3.63, 3.8) is 0 Å². The summed E-state index contributed by atoms with van der Waals surface area (Å²) in [6, 6.07) is 0. The molecule has 196 valence electrons. The van der Waals surface area contributed by atoms with Crippen molar-refractivity contribution in [1.29, 1.82) is 0 Å². The van der Waals surface area contributed by atoms with Gasteiger partial charge in [0, 0.05) is 26.2 Å². The summed E-state index contributed by atoms with van der Waals surface area (Å²) in [7, 11) is 1.83.